The number of nitrogens with one attached hydrogen (secondary N) is 1. The number of hydrogen-bond donors (Lipinski definition) is 1. The molecule has 1 aromatic carbocycles. The maximum Gasteiger partial charge on any atom is 0.318 e. The minimum Gasteiger partial charge on any atom is -0.442 e. The van der Waals surface area contributed by atoms with Crippen molar-refractivity contribution in [3.63, 3.8) is 0 Å². The van der Waals surface area contributed by atoms with Gasteiger partial charge in [-0.15, -0.1) is 0 Å². The third-order valence-electron chi connectivity index (χ3n) is 4.68. The highest BCUT2D eigenvalue weighted by atomic mass is 19.1. The molecule has 0 unspecified atom stereocenters. The SMILES string of the molecule is O=C(NCc1cccc(F)c1)N1Cc2nc(CN3CCCC3)oc2C1. The number of fused-ring (bicyclic) bond motifs is 1. The molecule has 1 fully saturated rings. The Morgan fingerprint density at radius 3 is 2.88 bits per heavy atom. The van der Waals surface area contributed by atoms with Crippen molar-refractivity contribution in [2.75, 3.05) is 13.1 Å². The molecule has 2 aromatic rings. The Balaban J connectivity index is 1.30. The summed E-state index contributed by atoms with van der Waals surface area (Å²) >= 11 is 0. The second-order valence-electron chi connectivity index (χ2n) is 6.61. The molecule has 3 heterocycles. The lowest BCUT2D eigenvalue weighted by molar-refractivity contribution is 0.193. The molecule has 0 spiro atoms. The summed E-state index contributed by atoms with van der Waals surface area (Å²) in [6, 6.07) is 6.02. The molecular weight excluding hydrogens is 323 g/mol. The fourth-order valence-electron chi connectivity index (χ4n) is 3.37. The van der Waals surface area contributed by atoms with Gasteiger partial charge in [0.1, 0.15) is 17.3 Å². The van der Waals surface area contributed by atoms with Gasteiger partial charge in [-0.1, -0.05) is 12.1 Å². The quantitative estimate of drug-likeness (QED) is 0.926. The van der Waals surface area contributed by atoms with Gasteiger partial charge in [0.05, 0.1) is 19.6 Å². The van der Waals surface area contributed by atoms with Crippen LogP contribution in [-0.4, -0.2) is 33.9 Å². The topological polar surface area (TPSA) is 61.6 Å². The van der Waals surface area contributed by atoms with Crippen LogP contribution in [0, 0.1) is 5.82 Å². The fourth-order valence-corrected chi connectivity index (χ4v) is 3.37. The van der Waals surface area contributed by atoms with Crippen LogP contribution in [0.15, 0.2) is 28.7 Å². The summed E-state index contributed by atoms with van der Waals surface area (Å²) in [4.78, 5) is 20.8. The Labute approximate surface area is 145 Å². The van der Waals surface area contributed by atoms with Crippen LogP contribution in [0.5, 0.6) is 0 Å². The molecule has 25 heavy (non-hydrogen) atoms. The van der Waals surface area contributed by atoms with Gasteiger partial charge in [0.15, 0.2) is 0 Å². The Bertz CT molecular complexity index is 747. The Morgan fingerprint density at radius 2 is 2.12 bits per heavy atom. The molecule has 1 N–H and O–H groups in total. The third kappa shape index (κ3) is 3.66. The van der Waals surface area contributed by atoms with Crippen LogP contribution < -0.4 is 5.32 Å². The van der Waals surface area contributed by atoms with Crippen LogP contribution in [0.25, 0.3) is 0 Å². The second-order valence-corrected chi connectivity index (χ2v) is 6.61. The lowest BCUT2D eigenvalue weighted by Crippen LogP contribution is -2.36. The zero-order valence-electron chi connectivity index (χ0n) is 14.0. The van der Waals surface area contributed by atoms with E-state index in [2.05, 4.69) is 15.2 Å². The van der Waals surface area contributed by atoms with E-state index in [4.69, 9.17) is 4.42 Å². The minimum absolute atomic E-state index is 0.196. The number of hydrogen-bond acceptors (Lipinski definition) is 4. The zero-order valence-corrected chi connectivity index (χ0v) is 14.0. The number of urea groups is 1. The van der Waals surface area contributed by atoms with Gasteiger partial charge in [0.25, 0.3) is 0 Å². The molecule has 2 amide bonds. The van der Waals surface area contributed by atoms with E-state index in [0.29, 0.717) is 19.6 Å². The Hall–Kier alpha value is -2.41. The summed E-state index contributed by atoms with van der Waals surface area (Å²) in [5, 5.41) is 2.81. The second kappa shape index (κ2) is 6.84. The lowest BCUT2D eigenvalue weighted by Gasteiger charge is -2.16. The van der Waals surface area contributed by atoms with Gasteiger partial charge >= 0.3 is 6.03 Å². The van der Waals surface area contributed by atoms with Crippen molar-refractivity contribution in [1.29, 1.82) is 0 Å². The van der Waals surface area contributed by atoms with Crippen LogP contribution in [0.4, 0.5) is 9.18 Å². The molecule has 6 nitrogen and oxygen atoms in total. The number of rotatable bonds is 4. The van der Waals surface area contributed by atoms with Crippen LogP contribution in [0.2, 0.25) is 0 Å². The molecule has 1 aromatic heterocycles. The van der Waals surface area contributed by atoms with Crippen LogP contribution in [0.3, 0.4) is 0 Å². The number of likely N-dealkylation sites (tertiary alicyclic amines) is 1. The predicted molar refractivity (Wildman–Crippen MR) is 88.9 cm³/mol. The molecule has 2 aliphatic rings. The van der Waals surface area contributed by atoms with Crippen molar-refractivity contribution in [3.8, 4) is 0 Å². The van der Waals surface area contributed by atoms with E-state index in [1.165, 1.54) is 25.0 Å². The van der Waals surface area contributed by atoms with Crippen molar-refractivity contribution in [3.05, 3.63) is 53.0 Å². The number of nitrogens with zero attached hydrogens (tertiary/aromatic N) is 3. The number of benzene rings is 1. The van der Waals surface area contributed by atoms with E-state index in [0.717, 1.165) is 42.5 Å². The molecule has 0 atom stereocenters. The summed E-state index contributed by atoms with van der Waals surface area (Å²) in [6.07, 6.45) is 2.47. The zero-order chi connectivity index (χ0) is 17.2. The molecule has 0 saturated carbocycles. The summed E-state index contributed by atoms with van der Waals surface area (Å²) in [7, 11) is 0. The summed E-state index contributed by atoms with van der Waals surface area (Å²) in [6.45, 7) is 4.12. The lowest BCUT2D eigenvalue weighted by atomic mass is 10.2. The third-order valence-corrected chi connectivity index (χ3v) is 4.68. The standard InChI is InChI=1S/C18H21FN4O2/c19-14-5-3-4-13(8-14)9-20-18(24)23-10-15-16(11-23)25-17(21-15)12-22-6-1-2-7-22/h3-5,8H,1-2,6-7,9-12H2,(H,20,24). The molecule has 2 aliphatic heterocycles. The molecule has 0 bridgehead atoms. The fraction of sp³-hybridized carbons (Fsp3) is 0.444. The first-order valence-electron chi connectivity index (χ1n) is 8.64. The van der Waals surface area contributed by atoms with Crippen LogP contribution in [0.1, 0.15) is 35.7 Å². The van der Waals surface area contributed by atoms with Crippen LogP contribution in [-0.2, 0) is 26.2 Å². The van der Waals surface area contributed by atoms with Crippen molar-refractivity contribution in [1.82, 2.24) is 20.1 Å². The van der Waals surface area contributed by atoms with Gasteiger partial charge in [-0.3, -0.25) is 4.90 Å². The van der Waals surface area contributed by atoms with E-state index in [9.17, 15) is 9.18 Å². The average molecular weight is 344 g/mol. The van der Waals surface area contributed by atoms with Gasteiger partial charge in [0.2, 0.25) is 5.89 Å². The average Bonchev–Trinajstić information content (AvgIpc) is 3.29. The highest BCUT2D eigenvalue weighted by Gasteiger charge is 2.29. The normalized spacial score (nSPS) is 17.1. The van der Waals surface area contributed by atoms with Crippen LogP contribution >= 0.6 is 0 Å². The van der Waals surface area contributed by atoms with Gasteiger partial charge < -0.3 is 14.6 Å². The van der Waals surface area contributed by atoms with Crippen molar-refractivity contribution >= 4 is 6.03 Å². The number of carbonyl (C=O) groups is 1. The van der Waals surface area contributed by atoms with E-state index in [1.807, 2.05) is 0 Å². The first-order chi connectivity index (χ1) is 12.2. The number of oxazole rings is 1. The van der Waals surface area contributed by atoms with Gasteiger partial charge in [-0.2, -0.15) is 0 Å². The van der Waals surface area contributed by atoms with Gasteiger partial charge in [-0.05, 0) is 43.6 Å². The van der Waals surface area contributed by atoms with E-state index < -0.39 is 0 Å². The van der Waals surface area contributed by atoms with Crippen molar-refractivity contribution < 1.29 is 13.6 Å². The molecule has 7 heteroatoms. The number of amides is 2. The monoisotopic (exact) mass is 344 g/mol. The molecular formula is C18H21FN4O2. The Kier molecular flexibility index (Phi) is 4.40. The first kappa shape index (κ1) is 16.1. The summed E-state index contributed by atoms with van der Waals surface area (Å²) in [5.74, 6) is 1.21. The Morgan fingerprint density at radius 1 is 1.28 bits per heavy atom. The van der Waals surface area contributed by atoms with E-state index in [1.54, 1.807) is 17.0 Å². The first-order valence-corrected chi connectivity index (χ1v) is 8.64. The van der Waals surface area contributed by atoms with Gasteiger partial charge in [-0.25, -0.2) is 14.2 Å². The van der Waals surface area contributed by atoms with E-state index >= 15 is 0 Å². The van der Waals surface area contributed by atoms with Crippen molar-refractivity contribution in [2.24, 2.45) is 0 Å². The smallest absolute Gasteiger partial charge is 0.318 e. The largest absolute Gasteiger partial charge is 0.442 e. The molecule has 1 saturated heterocycles. The number of carbonyl (C=O) groups excluding carboxylic acids is 1. The molecule has 0 radical (unpaired) electrons. The predicted octanol–water partition coefficient (Wildman–Crippen LogP) is 2.63. The summed E-state index contributed by atoms with van der Waals surface area (Å²) in [5.41, 5.74) is 1.57. The molecule has 0 aliphatic carbocycles. The highest BCUT2D eigenvalue weighted by Crippen LogP contribution is 2.24. The minimum atomic E-state index is -0.304. The summed E-state index contributed by atoms with van der Waals surface area (Å²) < 4.78 is 19.0. The molecule has 132 valence electrons. The van der Waals surface area contributed by atoms with Crippen molar-refractivity contribution in [2.45, 2.75) is 39.0 Å². The van der Waals surface area contributed by atoms with E-state index in [-0.39, 0.29) is 11.8 Å². The highest BCUT2D eigenvalue weighted by molar-refractivity contribution is 5.74. The maximum atomic E-state index is 13.2. The molecule has 4 rings (SSSR count). The number of halogens is 1. The van der Waals surface area contributed by atoms with Gasteiger partial charge in [0, 0.05) is 6.54 Å². The number of aromatic nitrogens is 1. The maximum absolute atomic E-state index is 13.2.